The van der Waals surface area contributed by atoms with Gasteiger partial charge in [0.15, 0.2) is 0 Å². The van der Waals surface area contributed by atoms with Crippen LogP contribution in [0.1, 0.15) is 36.0 Å². The van der Waals surface area contributed by atoms with Crippen LogP contribution >= 0.6 is 11.6 Å². The maximum absolute atomic E-state index is 12.4. The molecule has 1 saturated carbocycles. The normalized spacial score (nSPS) is 16.5. The summed E-state index contributed by atoms with van der Waals surface area (Å²) in [6, 6.07) is 5.20. The largest absolute Gasteiger partial charge is 0.497 e. The second-order valence-corrected chi connectivity index (χ2v) is 5.86. The highest BCUT2D eigenvalue weighted by molar-refractivity contribution is 6.18. The number of carbonyl (C=O) groups excluding carboxylic acids is 1. The molecule has 0 bridgehead atoms. The molecule has 5 heteroatoms. The van der Waals surface area contributed by atoms with Crippen molar-refractivity contribution in [2.24, 2.45) is 5.41 Å². The van der Waals surface area contributed by atoms with Crippen molar-refractivity contribution >= 4 is 17.5 Å². The zero-order valence-electron chi connectivity index (χ0n) is 12.6. The van der Waals surface area contributed by atoms with Crippen molar-refractivity contribution in [3.8, 4) is 11.5 Å². The summed E-state index contributed by atoms with van der Waals surface area (Å²) in [6.07, 6.45) is 4.52. The molecule has 0 saturated heterocycles. The fourth-order valence-corrected chi connectivity index (χ4v) is 3.20. The average molecular weight is 312 g/mol. The molecule has 2 rings (SSSR count). The number of hydrogen-bond acceptors (Lipinski definition) is 3. The Balaban J connectivity index is 2.09. The van der Waals surface area contributed by atoms with Gasteiger partial charge in [-0.2, -0.15) is 0 Å². The molecule has 0 atom stereocenters. The molecule has 0 unspecified atom stereocenters. The fraction of sp³-hybridized carbons (Fsp3) is 0.562. The lowest BCUT2D eigenvalue weighted by Gasteiger charge is -2.26. The van der Waals surface area contributed by atoms with Crippen LogP contribution in [0.15, 0.2) is 18.2 Å². The first-order valence-corrected chi connectivity index (χ1v) is 7.74. The van der Waals surface area contributed by atoms with E-state index in [4.69, 9.17) is 21.1 Å². The van der Waals surface area contributed by atoms with Crippen LogP contribution in [0.4, 0.5) is 0 Å². The highest BCUT2D eigenvalue weighted by Crippen LogP contribution is 2.38. The lowest BCUT2D eigenvalue weighted by atomic mass is 9.88. The first-order chi connectivity index (χ1) is 10.1. The van der Waals surface area contributed by atoms with E-state index in [0.717, 1.165) is 12.8 Å². The zero-order chi connectivity index (χ0) is 15.3. The van der Waals surface area contributed by atoms with Gasteiger partial charge in [-0.15, -0.1) is 11.6 Å². The van der Waals surface area contributed by atoms with Gasteiger partial charge in [-0.05, 0) is 31.0 Å². The van der Waals surface area contributed by atoms with E-state index in [-0.39, 0.29) is 11.3 Å². The molecule has 0 radical (unpaired) electrons. The molecule has 1 aromatic carbocycles. The smallest absolute Gasteiger partial charge is 0.255 e. The van der Waals surface area contributed by atoms with Gasteiger partial charge in [0, 0.05) is 17.8 Å². The summed E-state index contributed by atoms with van der Waals surface area (Å²) in [6.45, 7) is 0.607. The lowest BCUT2D eigenvalue weighted by molar-refractivity contribution is 0.0931. The second kappa shape index (κ2) is 7.03. The minimum atomic E-state index is -0.151. The highest BCUT2D eigenvalue weighted by Gasteiger charge is 2.33. The van der Waals surface area contributed by atoms with E-state index < -0.39 is 0 Å². The summed E-state index contributed by atoms with van der Waals surface area (Å²) >= 11 is 6.10. The van der Waals surface area contributed by atoms with Gasteiger partial charge in [0.1, 0.15) is 11.5 Å². The lowest BCUT2D eigenvalue weighted by Crippen LogP contribution is -2.37. The molecule has 1 fully saturated rings. The van der Waals surface area contributed by atoms with Crippen LogP contribution in [0.25, 0.3) is 0 Å². The maximum Gasteiger partial charge on any atom is 0.255 e. The number of alkyl halides is 1. The Morgan fingerprint density at radius 3 is 2.57 bits per heavy atom. The predicted octanol–water partition coefficient (Wildman–Crippen LogP) is 3.23. The van der Waals surface area contributed by atoms with E-state index in [1.807, 2.05) is 0 Å². The van der Waals surface area contributed by atoms with E-state index >= 15 is 0 Å². The van der Waals surface area contributed by atoms with Crippen LogP contribution in [0.5, 0.6) is 11.5 Å². The summed E-state index contributed by atoms with van der Waals surface area (Å²) < 4.78 is 10.4. The number of methoxy groups -OCH3 is 2. The van der Waals surface area contributed by atoms with Crippen LogP contribution < -0.4 is 14.8 Å². The Morgan fingerprint density at radius 2 is 2.00 bits per heavy atom. The first-order valence-electron chi connectivity index (χ1n) is 7.20. The molecule has 1 N–H and O–H groups in total. The number of rotatable bonds is 6. The van der Waals surface area contributed by atoms with Crippen LogP contribution in [-0.2, 0) is 0 Å². The average Bonchev–Trinajstić information content (AvgIpc) is 3.01. The molecule has 1 aromatic rings. The van der Waals surface area contributed by atoms with E-state index in [1.165, 1.54) is 12.8 Å². The summed E-state index contributed by atoms with van der Waals surface area (Å²) in [5.74, 6) is 1.61. The van der Waals surface area contributed by atoms with E-state index in [0.29, 0.717) is 29.5 Å². The summed E-state index contributed by atoms with van der Waals surface area (Å²) in [4.78, 5) is 12.4. The standard InChI is InChI=1S/C16H22ClNO3/c1-20-12-5-6-14(21-2)13(9-12)15(19)18-11-16(10-17)7-3-4-8-16/h5-6,9H,3-4,7-8,10-11H2,1-2H3,(H,18,19). The monoisotopic (exact) mass is 311 g/mol. The Morgan fingerprint density at radius 1 is 1.29 bits per heavy atom. The molecule has 0 aromatic heterocycles. The van der Waals surface area contributed by atoms with Gasteiger partial charge in [-0.3, -0.25) is 4.79 Å². The third kappa shape index (κ3) is 3.62. The zero-order valence-corrected chi connectivity index (χ0v) is 13.3. The van der Waals surface area contributed by atoms with Crippen molar-refractivity contribution < 1.29 is 14.3 Å². The topological polar surface area (TPSA) is 47.6 Å². The maximum atomic E-state index is 12.4. The SMILES string of the molecule is COc1ccc(OC)c(C(=O)NCC2(CCl)CCCC2)c1. The number of benzene rings is 1. The third-order valence-corrected chi connectivity index (χ3v) is 4.79. The van der Waals surface area contributed by atoms with Crippen LogP contribution in [0.3, 0.4) is 0 Å². The minimum absolute atomic E-state index is 0.0450. The van der Waals surface area contributed by atoms with Crippen molar-refractivity contribution in [1.82, 2.24) is 5.32 Å². The van der Waals surface area contributed by atoms with Gasteiger partial charge < -0.3 is 14.8 Å². The van der Waals surface area contributed by atoms with Gasteiger partial charge >= 0.3 is 0 Å². The van der Waals surface area contributed by atoms with Crippen molar-refractivity contribution in [2.45, 2.75) is 25.7 Å². The summed E-state index contributed by atoms with van der Waals surface area (Å²) in [7, 11) is 3.13. The van der Waals surface area contributed by atoms with Gasteiger partial charge in [0.2, 0.25) is 0 Å². The molecular formula is C16H22ClNO3. The number of amides is 1. The molecule has 4 nitrogen and oxygen atoms in total. The molecule has 0 aliphatic heterocycles. The first kappa shape index (κ1) is 16.0. The van der Waals surface area contributed by atoms with Gasteiger partial charge in [-0.1, -0.05) is 12.8 Å². The van der Waals surface area contributed by atoms with E-state index in [1.54, 1.807) is 32.4 Å². The van der Waals surface area contributed by atoms with Crippen LogP contribution in [0, 0.1) is 5.41 Å². The van der Waals surface area contributed by atoms with Gasteiger partial charge in [-0.25, -0.2) is 0 Å². The Labute approximate surface area is 130 Å². The van der Waals surface area contributed by atoms with E-state index in [9.17, 15) is 4.79 Å². The quantitative estimate of drug-likeness (QED) is 0.821. The fourth-order valence-electron chi connectivity index (χ4n) is 2.84. The number of hydrogen-bond donors (Lipinski definition) is 1. The highest BCUT2D eigenvalue weighted by atomic mass is 35.5. The summed E-state index contributed by atoms with van der Waals surface area (Å²) in [5, 5.41) is 3.00. The van der Waals surface area contributed by atoms with Crippen molar-refractivity contribution in [3.05, 3.63) is 23.8 Å². The van der Waals surface area contributed by atoms with Gasteiger partial charge in [0.05, 0.1) is 19.8 Å². The number of ether oxygens (including phenoxy) is 2. The summed E-state index contributed by atoms with van der Waals surface area (Å²) in [5.41, 5.74) is 0.531. The molecule has 0 spiro atoms. The second-order valence-electron chi connectivity index (χ2n) is 5.59. The van der Waals surface area contributed by atoms with E-state index in [2.05, 4.69) is 5.32 Å². The third-order valence-electron chi connectivity index (χ3n) is 4.22. The van der Waals surface area contributed by atoms with Crippen LogP contribution in [-0.4, -0.2) is 32.6 Å². The van der Waals surface area contributed by atoms with Crippen molar-refractivity contribution in [1.29, 1.82) is 0 Å². The predicted molar refractivity (Wildman–Crippen MR) is 83.5 cm³/mol. The van der Waals surface area contributed by atoms with Crippen LogP contribution in [0.2, 0.25) is 0 Å². The number of nitrogens with one attached hydrogen (secondary N) is 1. The molecule has 116 valence electrons. The Hall–Kier alpha value is -1.42. The number of halogens is 1. The Bertz CT molecular complexity index is 498. The minimum Gasteiger partial charge on any atom is -0.497 e. The van der Waals surface area contributed by atoms with Crippen molar-refractivity contribution in [2.75, 3.05) is 26.6 Å². The van der Waals surface area contributed by atoms with Gasteiger partial charge in [0.25, 0.3) is 5.91 Å². The number of carbonyl (C=O) groups is 1. The molecule has 0 heterocycles. The molecule has 1 aliphatic rings. The Kier molecular flexibility index (Phi) is 5.34. The van der Waals surface area contributed by atoms with Crippen molar-refractivity contribution in [3.63, 3.8) is 0 Å². The molecule has 21 heavy (non-hydrogen) atoms. The molecule has 1 amide bonds. The molecule has 1 aliphatic carbocycles. The molecular weight excluding hydrogens is 290 g/mol.